The minimum absolute atomic E-state index is 0.229. The Bertz CT molecular complexity index is 790. The number of nitrogens with zero attached hydrogens (tertiary/aromatic N) is 2. The van der Waals surface area contributed by atoms with Crippen molar-refractivity contribution >= 4 is 29.0 Å². The van der Waals surface area contributed by atoms with Crippen molar-refractivity contribution in [1.82, 2.24) is 9.47 Å². The molecule has 1 aromatic carbocycles. The Hall–Kier alpha value is -2.27. The van der Waals surface area contributed by atoms with E-state index < -0.39 is 0 Å². The van der Waals surface area contributed by atoms with Crippen molar-refractivity contribution in [3.63, 3.8) is 0 Å². The van der Waals surface area contributed by atoms with Crippen LogP contribution in [0.3, 0.4) is 0 Å². The third-order valence-electron chi connectivity index (χ3n) is 3.76. The SMILES string of the molecule is Cc1cc(/C=C2/SC(=O)N(C)C2=O)c(C)n1-c1ccccc1. The minimum Gasteiger partial charge on any atom is -0.318 e. The normalized spacial score (nSPS) is 16.9. The Labute approximate surface area is 133 Å². The van der Waals surface area contributed by atoms with Crippen molar-refractivity contribution in [2.45, 2.75) is 13.8 Å². The number of carbonyl (C=O) groups is 2. The van der Waals surface area contributed by atoms with Crippen LogP contribution in [0, 0.1) is 13.8 Å². The predicted octanol–water partition coefficient (Wildman–Crippen LogP) is 3.76. The number of aryl methyl sites for hydroxylation is 1. The van der Waals surface area contributed by atoms with E-state index in [-0.39, 0.29) is 11.1 Å². The van der Waals surface area contributed by atoms with Crippen LogP contribution in [0.25, 0.3) is 11.8 Å². The lowest BCUT2D eigenvalue weighted by molar-refractivity contribution is -0.121. The van der Waals surface area contributed by atoms with Crippen LogP contribution in [-0.4, -0.2) is 27.7 Å². The highest BCUT2D eigenvalue weighted by molar-refractivity contribution is 8.18. The fourth-order valence-electron chi connectivity index (χ4n) is 2.59. The minimum atomic E-state index is -0.237. The molecule has 0 atom stereocenters. The van der Waals surface area contributed by atoms with Gasteiger partial charge in [-0.3, -0.25) is 14.5 Å². The van der Waals surface area contributed by atoms with Crippen molar-refractivity contribution in [3.05, 3.63) is 58.3 Å². The maximum atomic E-state index is 12.0. The summed E-state index contributed by atoms with van der Waals surface area (Å²) in [5, 5.41) is -0.229. The molecule has 5 heteroatoms. The van der Waals surface area contributed by atoms with E-state index in [2.05, 4.69) is 4.57 Å². The third kappa shape index (κ3) is 2.37. The number of imide groups is 1. The van der Waals surface area contributed by atoms with E-state index in [0.717, 1.165) is 39.3 Å². The monoisotopic (exact) mass is 312 g/mol. The second-order valence-electron chi connectivity index (χ2n) is 5.24. The van der Waals surface area contributed by atoms with Gasteiger partial charge in [-0.1, -0.05) is 18.2 Å². The fourth-order valence-corrected chi connectivity index (χ4v) is 3.41. The molecule has 1 saturated heterocycles. The summed E-state index contributed by atoms with van der Waals surface area (Å²) in [7, 11) is 1.51. The van der Waals surface area contributed by atoms with Crippen molar-refractivity contribution < 1.29 is 9.59 Å². The molecule has 1 aliphatic rings. The van der Waals surface area contributed by atoms with E-state index in [1.807, 2.05) is 50.2 Å². The molecule has 0 saturated carbocycles. The van der Waals surface area contributed by atoms with E-state index in [9.17, 15) is 9.59 Å². The second-order valence-corrected chi connectivity index (χ2v) is 6.23. The van der Waals surface area contributed by atoms with Gasteiger partial charge in [-0.25, -0.2) is 0 Å². The van der Waals surface area contributed by atoms with Crippen LogP contribution in [0.5, 0.6) is 0 Å². The number of likely N-dealkylation sites (N-methyl/N-ethyl adjacent to an activating group) is 1. The Morgan fingerprint density at radius 1 is 1.09 bits per heavy atom. The fraction of sp³-hybridized carbons (Fsp3) is 0.176. The summed E-state index contributed by atoms with van der Waals surface area (Å²) >= 11 is 0.986. The Morgan fingerprint density at radius 3 is 2.36 bits per heavy atom. The molecule has 112 valence electrons. The Morgan fingerprint density at radius 2 is 1.77 bits per heavy atom. The predicted molar refractivity (Wildman–Crippen MR) is 89.0 cm³/mol. The average molecular weight is 312 g/mol. The summed E-state index contributed by atoms with van der Waals surface area (Å²) < 4.78 is 2.14. The van der Waals surface area contributed by atoms with Gasteiger partial charge in [0.1, 0.15) is 0 Å². The molecule has 22 heavy (non-hydrogen) atoms. The Balaban J connectivity index is 2.05. The maximum Gasteiger partial charge on any atom is 0.293 e. The zero-order chi connectivity index (χ0) is 15.9. The average Bonchev–Trinajstić information content (AvgIpc) is 2.92. The van der Waals surface area contributed by atoms with Crippen LogP contribution >= 0.6 is 11.8 Å². The first-order chi connectivity index (χ1) is 10.5. The molecule has 0 bridgehead atoms. The lowest BCUT2D eigenvalue weighted by Crippen LogP contribution is -2.22. The number of amides is 2. The van der Waals surface area contributed by atoms with Crippen molar-refractivity contribution in [2.24, 2.45) is 0 Å². The summed E-state index contributed by atoms with van der Waals surface area (Å²) in [5.41, 5.74) is 4.18. The van der Waals surface area contributed by atoms with Crippen molar-refractivity contribution in [1.29, 1.82) is 0 Å². The molecular weight excluding hydrogens is 296 g/mol. The van der Waals surface area contributed by atoms with Gasteiger partial charge in [-0.05, 0) is 55.4 Å². The van der Waals surface area contributed by atoms with E-state index in [0.29, 0.717) is 4.91 Å². The second kappa shape index (κ2) is 5.50. The molecule has 1 fully saturated rings. The first kappa shape index (κ1) is 14.7. The molecule has 4 nitrogen and oxygen atoms in total. The molecule has 0 aliphatic carbocycles. The number of hydrogen-bond donors (Lipinski definition) is 0. The first-order valence-corrected chi connectivity index (χ1v) is 7.76. The molecule has 3 rings (SSSR count). The Kier molecular flexibility index (Phi) is 3.66. The van der Waals surface area contributed by atoms with Gasteiger partial charge < -0.3 is 4.57 Å². The molecule has 0 radical (unpaired) electrons. The number of para-hydroxylation sites is 1. The zero-order valence-corrected chi connectivity index (χ0v) is 13.5. The van der Waals surface area contributed by atoms with Crippen LogP contribution in [0.2, 0.25) is 0 Å². The van der Waals surface area contributed by atoms with Crippen LogP contribution in [0.15, 0.2) is 41.3 Å². The molecule has 0 N–H and O–H groups in total. The number of benzene rings is 1. The third-order valence-corrected chi connectivity index (χ3v) is 4.72. The standard InChI is InChI=1S/C17H16N2O2S/c1-11-9-13(10-15-16(20)18(3)17(21)22-15)12(2)19(11)14-7-5-4-6-8-14/h4-10H,1-3H3/b15-10+. The summed E-state index contributed by atoms with van der Waals surface area (Å²) in [5.74, 6) is -0.237. The summed E-state index contributed by atoms with van der Waals surface area (Å²) in [6.07, 6.45) is 1.80. The van der Waals surface area contributed by atoms with Crippen LogP contribution in [0.4, 0.5) is 4.79 Å². The number of carbonyl (C=O) groups excluding carboxylic acids is 2. The van der Waals surface area contributed by atoms with Crippen molar-refractivity contribution in [2.75, 3.05) is 7.05 Å². The first-order valence-electron chi connectivity index (χ1n) is 6.95. The van der Waals surface area contributed by atoms with Gasteiger partial charge in [0.15, 0.2) is 0 Å². The van der Waals surface area contributed by atoms with Gasteiger partial charge in [0, 0.05) is 24.1 Å². The van der Waals surface area contributed by atoms with Gasteiger partial charge >= 0.3 is 0 Å². The summed E-state index contributed by atoms with van der Waals surface area (Å²) in [4.78, 5) is 25.2. The van der Waals surface area contributed by atoms with E-state index >= 15 is 0 Å². The van der Waals surface area contributed by atoms with Gasteiger partial charge in [0.05, 0.1) is 4.91 Å². The zero-order valence-electron chi connectivity index (χ0n) is 12.7. The molecule has 0 unspecified atom stereocenters. The number of hydrogen-bond acceptors (Lipinski definition) is 3. The maximum absolute atomic E-state index is 12.0. The topological polar surface area (TPSA) is 42.3 Å². The summed E-state index contributed by atoms with van der Waals surface area (Å²) in [6, 6.07) is 12.1. The van der Waals surface area contributed by atoms with Gasteiger partial charge in [0.2, 0.25) is 0 Å². The van der Waals surface area contributed by atoms with Crippen molar-refractivity contribution in [3.8, 4) is 5.69 Å². The van der Waals surface area contributed by atoms with Crippen LogP contribution < -0.4 is 0 Å². The highest BCUT2D eigenvalue weighted by Crippen LogP contribution is 2.32. The van der Waals surface area contributed by atoms with Crippen LogP contribution in [-0.2, 0) is 4.79 Å². The largest absolute Gasteiger partial charge is 0.318 e. The van der Waals surface area contributed by atoms with Crippen LogP contribution in [0.1, 0.15) is 17.0 Å². The lowest BCUT2D eigenvalue weighted by atomic mass is 10.2. The quantitative estimate of drug-likeness (QED) is 0.793. The smallest absolute Gasteiger partial charge is 0.293 e. The molecule has 1 aliphatic heterocycles. The molecule has 2 amide bonds. The molecule has 0 spiro atoms. The lowest BCUT2D eigenvalue weighted by Gasteiger charge is -2.09. The summed E-state index contributed by atoms with van der Waals surface area (Å²) in [6.45, 7) is 4.05. The molecule has 2 aromatic rings. The highest BCUT2D eigenvalue weighted by Gasteiger charge is 2.32. The van der Waals surface area contributed by atoms with E-state index in [1.165, 1.54) is 7.05 Å². The van der Waals surface area contributed by atoms with E-state index in [1.54, 1.807) is 6.08 Å². The number of thioether (sulfide) groups is 1. The molecule has 1 aromatic heterocycles. The number of rotatable bonds is 2. The molecular formula is C17H16N2O2S. The van der Waals surface area contributed by atoms with Gasteiger partial charge in [0.25, 0.3) is 11.1 Å². The molecule has 2 heterocycles. The highest BCUT2D eigenvalue weighted by atomic mass is 32.2. The van der Waals surface area contributed by atoms with E-state index in [4.69, 9.17) is 0 Å². The van der Waals surface area contributed by atoms with Gasteiger partial charge in [-0.15, -0.1) is 0 Å². The van der Waals surface area contributed by atoms with Gasteiger partial charge in [-0.2, -0.15) is 0 Å². The number of aromatic nitrogens is 1.